The van der Waals surface area contributed by atoms with Crippen molar-refractivity contribution in [2.75, 3.05) is 13.1 Å². The lowest BCUT2D eigenvalue weighted by Gasteiger charge is -2.26. The fourth-order valence-corrected chi connectivity index (χ4v) is 4.87. The Morgan fingerprint density at radius 2 is 2.00 bits per heavy atom. The molecular formula is C22H20N4O3S. The smallest absolute Gasteiger partial charge is 0.245 e. The Bertz CT molecular complexity index is 1240. The summed E-state index contributed by atoms with van der Waals surface area (Å²) in [6, 6.07) is 18.1. The second-order valence-electron chi connectivity index (χ2n) is 6.88. The third-order valence-corrected chi connectivity index (χ3v) is 6.78. The molecule has 1 aliphatic rings. The summed E-state index contributed by atoms with van der Waals surface area (Å²) in [6.07, 6.45) is 3.92. The molecule has 152 valence electrons. The van der Waals surface area contributed by atoms with E-state index in [1.807, 2.05) is 30.3 Å². The Kier molecular flexibility index (Phi) is 5.77. The maximum absolute atomic E-state index is 13.1. The minimum atomic E-state index is -3.66. The molecule has 3 aromatic rings. The number of aromatic nitrogens is 1. The first-order chi connectivity index (χ1) is 14.6. The molecule has 0 bridgehead atoms. The summed E-state index contributed by atoms with van der Waals surface area (Å²) in [5.74, 6) is 0. The van der Waals surface area contributed by atoms with Crippen molar-refractivity contribution < 1.29 is 13.3 Å². The van der Waals surface area contributed by atoms with Gasteiger partial charge in [-0.3, -0.25) is 15.3 Å². The van der Waals surface area contributed by atoms with Crippen LogP contribution in [0.25, 0.3) is 10.9 Å². The van der Waals surface area contributed by atoms with Crippen molar-refractivity contribution in [1.82, 2.24) is 14.8 Å². The number of para-hydroxylation sites is 1. The van der Waals surface area contributed by atoms with Crippen LogP contribution in [0.4, 0.5) is 0 Å². The molecule has 0 spiro atoms. The van der Waals surface area contributed by atoms with Crippen LogP contribution < -0.4 is 5.48 Å². The molecular weight excluding hydrogens is 400 g/mol. The molecule has 2 aromatic carbocycles. The zero-order valence-electron chi connectivity index (χ0n) is 16.2. The van der Waals surface area contributed by atoms with Crippen molar-refractivity contribution in [2.24, 2.45) is 0 Å². The fraction of sp³-hybridized carbons (Fsp3) is 0.182. The predicted octanol–water partition coefficient (Wildman–Crippen LogP) is 3.11. The average molecular weight is 420 g/mol. The average Bonchev–Trinajstić information content (AvgIpc) is 2.79. The van der Waals surface area contributed by atoms with Gasteiger partial charge in [-0.2, -0.15) is 9.57 Å². The van der Waals surface area contributed by atoms with Crippen molar-refractivity contribution in [2.45, 2.75) is 17.9 Å². The van der Waals surface area contributed by atoms with Gasteiger partial charge in [0.05, 0.1) is 23.8 Å². The third kappa shape index (κ3) is 4.19. The van der Waals surface area contributed by atoms with Crippen LogP contribution in [0.1, 0.15) is 17.5 Å². The number of hydrogen-bond acceptors (Lipinski definition) is 6. The van der Waals surface area contributed by atoms with Gasteiger partial charge < -0.3 is 0 Å². The first-order valence-corrected chi connectivity index (χ1v) is 10.9. The third-order valence-electron chi connectivity index (χ3n) is 4.88. The van der Waals surface area contributed by atoms with Gasteiger partial charge in [-0.05, 0) is 35.9 Å². The van der Waals surface area contributed by atoms with E-state index < -0.39 is 10.0 Å². The van der Waals surface area contributed by atoms with Gasteiger partial charge in [-0.15, -0.1) is 0 Å². The summed E-state index contributed by atoms with van der Waals surface area (Å²) >= 11 is 0. The Morgan fingerprint density at radius 1 is 1.17 bits per heavy atom. The molecule has 0 atom stereocenters. The summed E-state index contributed by atoms with van der Waals surface area (Å²) < 4.78 is 27.7. The Morgan fingerprint density at radius 3 is 2.80 bits per heavy atom. The maximum Gasteiger partial charge on any atom is 0.245 e. The zero-order chi connectivity index (χ0) is 21.0. The van der Waals surface area contributed by atoms with Gasteiger partial charge in [0.1, 0.15) is 4.90 Å². The van der Waals surface area contributed by atoms with Crippen LogP contribution in [-0.2, 0) is 21.5 Å². The van der Waals surface area contributed by atoms with Crippen LogP contribution in [0, 0.1) is 11.3 Å². The summed E-state index contributed by atoms with van der Waals surface area (Å²) in [5, 5.41) is 9.74. The molecule has 8 heteroatoms. The number of nitrogens with zero attached hydrogens (tertiary/aromatic N) is 3. The highest BCUT2D eigenvalue weighted by Gasteiger charge is 2.28. The lowest BCUT2D eigenvalue weighted by atomic mass is 10.1. The minimum absolute atomic E-state index is 0.221. The van der Waals surface area contributed by atoms with Crippen LogP contribution in [0.5, 0.6) is 0 Å². The lowest BCUT2D eigenvalue weighted by molar-refractivity contribution is 0.0453. The van der Waals surface area contributed by atoms with E-state index >= 15 is 0 Å². The summed E-state index contributed by atoms with van der Waals surface area (Å²) in [4.78, 5) is 10.0. The lowest BCUT2D eigenvalue weighted by Crippen LogP contribution is -2.36. The van der Waals surface area contributed by atoms with E-state index in [9.17, 15) is 8.42 Å². The van der Waals surface area contributed by atoms with Crippen molar-refractivity contribution in [1.29, 1.82) is 5.26 Å². The molecule has 0 unspecified atom stereocenters. The van der Waals surface area contributed by atoms with Gasteiger partial charge in [0.2, 0.25) is 10.0 Å². The molecule has 4 rings (SSSR count). The molecule has 0 radical (unpaired) electrons. The monoisotopic (exact) mass is 420 g/mol. The van der Waals surface area contributed by atoms with E-state index in [1.54, 1.807) is 36.5 Å². The van der Waals surface area contributed by atoms with Crippen LogP contribution in [0.3, 0.4) is 0 Å². The van der Waals surface area contributed by atoms with E-state index in [4.69, 9.17) is 10.1 Å². The van der Waals surface area contributed by atoms with Crippen LogP contribution >= 0.6 is 0 Å². The largest absolute Gasteiger partial charge is 0.272 e. The van der Waals surface area contributed by atoms with Crippen molar-refractivity contribution in [3.8, 4) is 6.07 Å². The van der Waals surface area contributed by atoms with Crippen molar-refractivity contribution >= 4 is 20.9 Å². The molecule has 0 saturated heterocycles. The standard InChI is InChI=1S/C22H20N4O3S/c23-15-17-4-1-5-18(14-17)16-29-25-20-9-12-26(13-10-20)30(27,28)21-8-2-6-19-7-3-11-24-22(19)21/h1-9,11,14,25H,10,12-13,16H2. The van der Waals surface area contributed by atoms with Crippen LogP contribution in [0.15, 0.2) is 77.5 Å². The van der Waals surface area contributed by atoms with E-state index in [0.29, 0.717) is 30.7 Å². The maximum atomic E-state index is 13.1. The van der Waals surface area contributed by atoms with Crippen LogP contribution in [-0.4, -0.2) is 30.8 Å². The van der Waals surface area contributed by atoms with Gasteiger partial charge in [-0.1, -0.05) is 30.3 Å². The predicted molar refractivity (Wildman–Crippen MR) is 112 cm³/mol. The van der Waals surface area contributed by atoms with Gasteiger partial charge in [0.15, 0.2) is 0 Å². The number of nitrogens with one attached hydrogen (secondary N) is 1. The molecule has 1 aromatic heterocycles. The highest BCUT2D eigenvalue weighted by atomic mass is 32.2. The number of nitriles is 1. The molecule has 1 N–H and O–H groups in total. The molecule has 0 fully saturated rings. The van der Waals surface area contributed by atoms with E-state index in [0.717, 1.165) is 16.6 Å². The number of fused-ring (bicyclic) bond motifs is 1. The number of rotatable bonds is 6. The Labute approximate surface area is 175 Å². The first kappa shape index (κ1) is 20.0. The minimum Gasteiger partial charge on any atom is -0.272 e. The van der Waals surface area contributed by atoms with E-state index in [-0.39, 0.29) is 11.4 Å². The van der Waals surface area contributed by atoms with E-state index in [2.05, 4.69) is 16.5 Å². The fourth-order valence-electron chi connectivity index (χ4n) is 3.33. The summed E-state index contributed by atoms with van der Waals surface area (Å²) in [7, 11) is -3.66. The van der Waals surface area contributed by atoms with Crippen LogP contribution in [0.2, 0.25) is 0 Å². The Hall–Kier alpha value is -3.25. The number of hydrogen-bond donors (Lipinski definition) is 1. The molecule has 7 nitrogen and oxygen atoms in total. The number of pyridine rings is 1. The highest BCUT2D eigenvalue weighted by molar-refractivity contribution is 7.89. The second kappa shape index (κ2) is 8.63. The SMILES string of the molecule is N#Cc1cccc(CONC2=CCN(S(=O)(=O)c3cccc4cccnc34)CC2)c1. The summed E-state index contributed by atoms with van der Waals surface area (Å²) in [5.41, 5.74) is 5.66. The topological polar surface area (TPSA) is 95.3 Å². The highest BCUT2D eigenvalue weighted by Crippen LogP contribution is 2.25. The molecule has 1 aliphatic heterocycles. The first-order valence-electron chi connectivity index (χ1n) is 9.48. The van der Waals surface area contributed by atoms with Gasteiger partial charge in [0, 0.05) is 36.8 Å². The van der Waals surface area contributed by atoms with Gasteiger partial charge in [0.25, 0.3) is 0 Å². The van der Waals surface area contributed by atoms with E-state index in [1.165, 1.54) is 4.31 Å². The van der Waals surface area contributed by atoms with Crippen molar-refractivity contribution in [3.05, 3.63) is 83.7 Å². The zero-order valence-corrected chi connectivity index (χ0v) is 17.0. The molecule has 0 amide bonds. The molecule has 30 heavy (non-hydrogen) atoms. The summed E-state index contributed by atoms with van der Waals surface area (Å²) in [6.45, 7) is 0.898. The molecule has 0 saturated carbocycles. The second-order valence-corrected chi connectivity index (χ2v) is 8.78. The van der Waals surface area contributed by atoms with Crippen molar-refractivity contribution in [3.63, 3.8) is 0 Å². The Balaban J connectivity index is 1.41. The molecule has 0 aliphatic carbocycles. The molecule has 2 heterocycles. The quantitative estimate of drug-likeness (QED) is 0.616. The number of hydroxylamine groups is 1. The number of sulfonamides is 1. The normalized spacial score (nSPS) is 14.8. The number of benzene rings is 2. The van der Waals surface area contributed by atoms with Gasteiger partial charge in [-0.25, -0.2) is 8.42 Å². The van der Waals surface area contributed by atoms with Gasteiger partial charge >= 0.3 is 0 Å².